The standard InChI is InChI=1S/C20H17I2NO4S/c1-12-4-3-5-15(8-12)27-7-6-23-19(24)17(28-20(23)25)10-13-9-14(21)11-16(22)18(13)26-2/h3-5,8-11H,6-7H2,1-2H3/b17-10-. The third kappa shape index (κ3) is 5.01. The van der Waals surface area contributed by atoms with Crippen LogP contribution >= 0.6 is 56.9 Å². The molecule has 0 atom stereocenters. The van der Waals surface area contributed by atoms with Gasteiger partial charge in [-0.1, -0.05) is 12.1 Å². The Morgan fingerprint density at radius 1 is 1.18 bits per heavy atom. The van der Waals surface area contributed by atoms with Gasteiger partial charge in [0.25, 0.3) is 11.1 Å². The van der Waals surface area contributed by atoms with Gasteiger partial charge in [-0.2, -0.15) is 0 Å². The van der Waals surface area contributed by atoms with Gasteiger partial charge in [0.2, 0.25) is 0 Å². The number of amides is 2. The highest BCUT2D eigenvalue weighted by molar-refractivity contribution is 14.1. The van der Waals surface area contributed by atoms with E-state index in [-0.39, 0.29) is 24.3 Å². The second kappa shape index (κ2) is 9.49. The lowest BCUT2D eigenvalue weighted by molar-refractivity contribution is -0.123. The molecule has 3 rings (SSSR count). The van der Waals surface area contributed by atoms with Gasteiger partial charge in [0.05, 0.1) is 22.1 Å². The monoisotopic (exact) mass is 621 g/mol. The van der Waals surface area contributed by atoms with E-state index in [0.717, 1.165) is 35.8 Å². The number of carbonyl (C=O) groups excluding carboxylic acids is 2. The summed E-state index contributed by atoms with van der Waals surface area (Å²) in [6.45, 7) is 2.43. The number of benzene rings is 2. The van der Waals surface area contributed by atoms with Crippen LogP contribution in [0.3, 0.4) is 0 Å². The van der Waals surface area contributed by atoms with Crippen molar-refractivity contribution in [2.45, 2.75) is 6.92 Å². The molecule has 0 aromatic heterocycles. The Morgan fingerprint density at radius 2 is 1.96 bits per heavy atom. The van der Waals surface area contributed by atoms with E-state index in [1.54, 1.807) is 13.2 Å². The van der Waals surface area contributed by atoms with E-state index in [1.165, 1.54) is 4.90 Å². The average molecular weight is 621 g/mol. The maximum Gasteiger partial charge on any atom is 0.293 e. The van der Waals surface area contributed by atoms with Crippen molar-refractivity contribution >= 4 is 74.2 Å². The number of hydrogen-bond acceptors (Lipinski definition) is 5. The van der Waals surface area contributed by atoms with Gasteiger partial charge in [0.1, 0.15) is 18.1 Å². The van der Waals surface area contributed by atoms with E-state index in [0.29, 0.717) is 10.7 Å². The normalized spacial score (nSPS) is 15.4. The Bertz CT molecular complexity index is 961. The fraction of sp³-hybridized carbons (Fsp3) is 0.200. The molecule has 8 heteroatoms. The lowest BCUT2D eigenvalue weighted by Crippen LogP contribution is -2.32. The van der Waals surface area contributed by atoms with E-state index in [2.05, 4.69) is 45.2 Å². The predicted octanol–water partition coefficient (Wildman–Crippen LogP) is 5.33. The molecule has 28 heavy (non-hydrogen) atoms. The largest absolute Gasteiger partial charge is 0.495 e. The van der Waals surface area contributed by atoms with Crippen molar-refractivity contribution in [3.8, 4) is 11.5 Å². The molecule has 0 unspecified atom stereocenters. The second-order valence-electron chi connectivity index (χ2n) is 6.01. The molecule has 1 fully saturated rings. The highest BCUT2D eigenvalue weighted by atomic mass is 127. The van der Waals surface area contributed by atoms with Crippen molar-refractivity contribution < 1.29 is 19.1 Å². The van der Waals surface area contributed by atoms with Crippen LogP contribution in [0.4, 0.5) is 4.79 Å². The number of rotatable bonds is 6. The summed E-state index contributed by atoms with van der Waals surface area (Å²) >= 11 is 5.35. The lowest BCUT2D eigenvalue weighted by atomic mass is 10.2. The molecule has 0 bridgehead atoms. The summed E-state index contributed by atoms with van der Waals surface area (Å²) in [6.07, 6.45) is 1.72. The molecule has 2 aromatic rings. The molecule has 0 aliphatic carbocycles. The van der Waals surface area contributed by atoms with Gasteiger partial charge in [-0.3, -0.25) is 14.5 Å². The van der Waals surface area contributed by atoms with Gasteiger partial charge in [-0.25, -0.2) is 0 Å². The maximum absolute atomic E-state index is 12.7. The van der Waals surface area contributed by atoms with Gasteiger partial charge in [-0.05, 0) is 99.8 Å². The van der Waals surface area contributed by atoms with Crippen molar-refractivity contribution in [1.82, 2.24) is 4.90 Å². The molecule has 1 aliphatic heterocycles. The van der Waals surface area contributed by atoms with E-state index >= 15 is 0 Å². The summed E-state index contributed by atoms with van der Waals surface area (Å²) in [5, 5.41) is -0.289. The highest BCUT2D eigenvalue weighted by Crippen LogP contribution is 2.36. The lowest BCUT2D eigenvalue weighted by Gasteiger charge is -2.13. The van der Waals surface area contributed by atoms with Crippen molar-refractivity contribution in [3.63, 3.8) is 0 Å². The second-order valence-corrected chi connectivity index (χ2v) is 9.41. The van der Waals surface area contributed by atoms with Crippen LogP contribution in [0.15, 0.2) is 41.3 Å². The summed E-state index contributed by atoms with van der Waals surface area (Å²) in [4.78, 5) is 26.6. The minimum absolute atomic E-state index is 0.205. The summed E-state index contributed by atoms with van der Waals surface area (Å²) in [6, 6.07) is 11.6. The van der Waals surface area contributed by atoms with Gasteiger partial charge >= 0.3 is 0 Å². The molecular weight excluding hydrogens is 604 g/mol. The zero-order valence-corrected chi connectivity index (χ0v) is 20.3. The number of ether oxygens (including phenoxy) is 2. The number of nitrogens with zero attached hydrogens (tertiary/aromatic N) is 1. The van der Waals surface area contributed by atoms with Crippen LogP contribution < -0.4 is 9.47 Å². The Labute approximate surface area is 195 Å². The van der Waals surface area contributed by atoms with Crippen LogP contribution in [0.5, 0.6) is 11.5 Å². The molecule has 0 N–H and O–H groups in total. The summed E-state index contributed by atoms with van der Waals surface area (Å²) < 4.78 is 13.1. The first-order valence-corrected chi connectivity index (χ1v) is 11.3. The fourth-order valence-corrected chi connectivity index (χ4v) is 5.66. The molecule has 0 radical (unpaired) electrons. The molecule has 5 nitrogen and oxygen atoms in total. The first kappa shape index (κ1) is 21.4. The molecular formula is C20H17I2NO4S. The zero-order valence-electron chi connectivity index (χ0n) is 15.2. The Morgan fingerprint density at radius 3 is 2.68 bits per heavy atom. The van der Waals surface area contributed by atoms with E-state index in [1.807, 2.05) is 43.3 Å². The fourth-order valence-electron chi connectivity index (χ4n) is 2.70. The first-order chi connectivity index (χ1) is 13.4. The van der Waals surface area contributed by atoms with Gasteiger partial charge in [0, 0.05) is 9.13 Å². The summed E-state index contributed by atoms with van der Waals surface area (Å²) in [5.74, 6) is 1.11. The van der Waals surface area contributed by atoms with Crippen molar-refractivity contribution in [2.24, 2.45) is 0 Å². The first-order valence-electron chi connectivity index (χ1n) is 8.37. The number of carbonyl (C=O) groups is 2. The molecule has 2 amide bonds. The number of hydrogen-bond donors (Lipinski definition) is 0. The molecule has 2 aromatic carbocycles. The molecule has 1 aliphatic rings. The minimum atomic E-state index is -0.307. The Kier molecular flexibility index (Phi) is 7.26. The third-order valence-electron chi connectivity index (χ3n) is 3.97. The topological polar surface area (TPSA) is 55.8 Å². The third-order valence-corrected chi connectivity index (χ3v) is 6.31. The number of methoxy groups -OCH3 is 1. The smallest absolute Gasteiger partial charge is 0.293 e. The summed E-state index contributed by atoms with van der Waals surface area (Å²) in [7, 11) is 1.59. The number of thioether (sulfide) groups is 1. The van der Waals surface area contributed by atoms with Crippen molar-refractivity contribution in [1.29, 1.82) is 0 Å². The van der Waals surface area contributed by atoms with Crippen molar-refractivity contribution in [2.75, 3.05) is 20.3 Å². The Balaban J connectivity index is 1.72. The van der Waals surface area contributed by atoms with Crippen LogP contribution in [-0.2, 0) is 4.79 Å². The van der Waals surface area contributed by atoms with Crippen LogP contribution in [-0.4, -0.2) is 36.3 Å². The van der Waals surface area contributed by atoms with E-state index in [4.69, 9.17) is 9.47 Å². The quantitative estimate of drug-likeness (QED) is 0.323. The molecule has 0 spiro atoms. The summed E-state index contributed by atoms with van der Waals surface area (Å²) in [5.41, 5.74) is 1.87. The average Bonchev–Trinajstić information content (AvgIpc) is 2.89. The minimum Gasteiger partial charge on any atom is -0.495 e. The van der Waals surface area contributed by atoms with Crippen LogP contribution in [0, 0.1) is 14.1 Å². The number of halogens is 2. The van der Waals surface area contributed by atoms with Crippen LogP contribution in [0.2, 0.25) is 0 Å². The van der Waals surface area contributed by atoms with Gasteiger partial charge < -0.3 is 9.47 Å². The number of aryl methyl sites for hydroxylation is 1. The van der Waals surface area contributed by atoms with Crippen LogP contribution in [0.25, 0.3) is 6.08 Å². The molecule has 1 heterocycles. The maximum atomic E-state index is 12.7. The van der Waals surface area contributed by atoms with Gasteiger partial charge in [0.15, 0.2) is 0 Å². The SMILES string of the molecule is COc1c(I)cc(I)cc1/C=C1\SC(=O)N(CCOc2cccc(C)c2)C1=O. The van der Waals surface area contributed by atoms with Crippen LogP contribution in [0.1, 0.15) is 11.1 Å². The van der Waals surface area contributed by atoms with E-state index < -0.39 is 0 Å². The van der Waals surface area contributed by atoms with Crippen molar-refractivity contribution in [3.05, 3.63) is 59.6 Å². The molecule has 1 saturated heterocycles. The number of imide groups is 1. The zero-order chi connectivity index (χ0) is 20.3. The van der Waals surface area contributed by atoms with Gasteiger partial charge in [-0.15, -0.1) is 0 Å². The predicted molar refractivity (Wildman–Crippen MR) is 128 cm³/mol. The molecule has 0 saturated carbocycles. The Hall–Kier alpha value is -1.27. The highest BCUT2D eigenvalue weighted by Gasteiger charge is 2.35. The molecule has 146 valence electrons. The van der Waals surface area contributed by atoms with E-state index in [9.17, 15) is 9.59 Å².